The maximum absolute atomic E-state index is 4.34. The van der Waals surface area contributed by atoms with Crippen molar-refractivity contribution in [3.63, 3.8) is 0 Å². The third-order valence-electron chi connectivity index (χ3n) is 8.21. The van der Waals surface area contributed by atoms with E-state index >= 15 is 0 Å². The van der Waals surface area contributed by atoms with E-state index in [-0.39, 0.29) is 0 Å². The molecule has 36 heavy (non-hydrogen) atoms. The van der Waals surface area contributed by atoms with Gasteiger partial charge in [-0.1, -0.05) is 191 Å². The first kappa shape index (κ1) is 33.2. The zero-order valence-electron chi connectivity index (χ0n) is 24.9. The van der Waals surface area contributed by atoms with Crippen LogP contribution in [0.1, 0.15) is 194 Å². The Balaban J connectivity index is 2.04. The van der Waals surface area contributed by atoms with E-state index in [1.807, 2.05) is 12.4 Å². The minimum absolute atomic E-state index is 0.961. The predicted octanol–water partition coefficient (Wildman–Crippen LogP) is 12.2. The first-order valence-electron chi connectivity index (χ1n) is 16.8. The molecule has 0 bridgehead atoms. The fourth-order valence-electron chi connectivity index (χ4n) is 5.74. The van der Waals surface area contributed by atoms with Crippen molar-refractivity contribution in [1.29, 1.82) is 0 Å². The smallest absolute Gasteiger partial charge is 0.0968 e. The van der Waals surface area contributed by atoms with E-state index in [1.54, 1.807) is 0 Å². The van der Waals surface area contributed by atoms with Crippen molar-refractivity contribution in [3.8, 4) is 0 Å². The van der Waals surface area contributed by atoms with E-state index in [0.717, 1.165) is 18.5 Å². The Kier molecular flexibility index (Phi) is 25.2. The van der Waals surface area contributed by atoms with Crippen LogP contribution in [0.4, 0.5) is 0 Å². The quantitative estimate of drug-likeness (QED) is 0.0719. The Morgan fingerprint density at radius 2 is 0.722 bits per heavy atom. The molecule has 0 saturated carbocycles. The van der Waals surface area contributed by atoms with Crippen LogP contribution in [0, 0.1) is 12.1 Å². The summed E-state index contributed by atoms with van der Waals surface area (Å²) < 4.78 is 0. The molecule has 0 spiro atoms. The zero-order valence-corrected chi connectivity index (χ0v) is 24.9. The van der Waals surface area contributed by atoms with E-state index in [0.29, 0.717) is 0 Å². The molecule has 0 aromatic rings. The molecular formula is C34H65N2+. The summed E-state index contributed by atoms with van der Waals surface area (Å²) >= 11 is 0. The van der Waals surface area contributed by atoms with Gasteiger partial charge in [-0.25, -0.2) is 0 Å². The summed E-state index contributed by atoms with van der Waals surface area (Å²) in [4.78, 5) is 8.68. The lowest BCUT2D eigenvalue weighted by molar-refractivity contribution is 0.367. The predicted molar refractivity (Wildman–Crippen MR) is 164 cm³/mol. The van der Waals surface area contributed by atoms with Gasteiger partial charge in [-0.15, -0.1) is 0 Å². The van der Waals surface area contributed by atoms with Crippen molar-refractivity contribution in [1.82, 2.24) is 0 Å². The summed E-state index contributed by atoms with van der Waals surface area (Å²) in [6.07, 6.45) is 44.7. The molecule has 1 unspecified atom stereocenters. The van der Waals surface area contributed by atoms with Gasteiger partial charge in [0, 0.05) is 0 Å². The van der Waals surface area contributed by atoms with Crippen molar-refractivity contribution in [2.45, 2.75) is 194 Å². The minimum Gasteiger partial charge on any atom is -0.0968 e. The molecule has 0 aromatic heterocycles. The summed E-state index contributed by atoms with van der Waals surface area (Å²) in [6.45, 7) is 4.62. The standard InChI is InChI=1S/C34H65N2/c1-3-5-7-9-11-13-14-15-16-18-20-22-24-28-33(29-25-26-30-34-35-31-32-36-34)27-23-21-19-17-12-10-8-6-4-2/h31-33H,3-30H2,1-2H3/q+1. The molecule has 1 aliphatic heterocycles. The third-order valence-corrected chi connectivity index (χ3v) is 8.21. The Bertz CT molecular complexity index is 472. The van der Waals surface area contributed by atoms with Gasteiger partial charge < -0.3 is 0 Å². The fourth-order valence-corrected chi connectivity index (χ4v) is 5.74. The van der Waals surface area contributed by atoms with Gasteiger partial charge in [0.05, 0.1) is 6.42 Å². The van der Waals surface area contributed by atoms with Crippen LogP contribution in [-0.2, 0) is 0 Å². The summed E-state index contributed by atoms with van der Waals surface area (Å²) in [5.74, 6) is 0.961. The normalized spacial score (nSPS) is 13.8. The number of hydrogen-bond donors (Lipinski definition) is 0. The van der Waals surface area contributed by atoms with Gasteiger partial charge in [0.15, 0.2) is 12.4 Å². The van der Waals surface area contributed by atoms with E-state index in [1.165, 1.54) is 173 Å². The highest BCUT2D eigenvalue weighted by Crippen LogP contribution is 2.26. The summed E-state index contributed by atoms with van der Waals surface area (Å²) in [5, 5.41) is 0. The molecule has 1 rings (SSSR count). The number of rotatable bonds is 29. The molecule has 1 heterocycles. The lowest BCUT2D eigenvalue weighted by Gasteiger charge is -2.17. The van der Waals surface area contributed by atoms with Gasteiger partial charge in [0.2, 0.25) is 6.17 Å². The van der Waals surface area contributed by atoms with E-state index in [9.17, 15) is 0 Å². The monoisotopic (exact) mass is 502 g/mol. The molecule has 0 aromatic carbocycles. The summed E-state index contributed by atoms with van der Waals surface area (Å²) in [7, 11) is 0. The molecule has 0 fully saturated rings. The molecule has 0 aliphatic carbocycles. The largest absolute Gasteiger partial charge is 0.240 e. The topological polar surface area (TPSA) is 24.7 Å². The number of nitrogens with zero attached hydrogens (tertiary/aromatic N) is 2. The molecule has 0 amide bonds. The third kappa shape index (κ3) is 22.4. The average molecular weight is 502 g/mol. The molecule has 2 nitrogen and oxygen atoms in total. The molecular weight excluding hydrogens is 436 g/mol. The highest BCUT2D eigenvalue weighted by molar-refractivity contribution is 6.18. The fraction of sp³-hybridized carbons (Fsp3) is 0.912. The van der Waals surface area contributed by atoms with Crippen LogP contribution >= 0.6 is 0 Å². The van der Waals surface area contributed by atoms with Crippen molar-refractivity contribution in [3.05, 3.63) is 6.17 Å². The Morgan fingerprint density at radius 1 is 0.417 bits per heavy atom. The first-order chi connectivity index (χ1) is 17.9. The van der Waals surface area contributed by atoms with Gasteiger partial charge in [-0.3, -0.25) is 0 Å². The molecule has 1 aliphatic rings. The van der Waals surface area contributed by atoms with Gasteiger partial charge in [0.25, 0.3) is 0 Å². The Morgan fingerprint density at radius 3 is 1.08 bits per heavy atom. The lowest BCUT2D eigenvalue weighted by Crippen LogP contribution is -2.02. The zero-order chi connectivity index (χ0) is 25.8. The second-order valence-corrected chi connectivity index (χ2v) is 11.7. The van der Waals surface area contributed by atoms with Gasteiger partial charge in [0.1, 0.15) is 0 Å². The van der Waals surface area contributed by atoms with E-state index in [4.69, 9.17) is 0 Å². The maximum atomic E-state index is 4.34. The van der Waals surface area contributed by atoms with E-state index in [2.05, 4.69) is 23.8 Å². The molecule has 0 N–H and O–H groups in total. The van der Waals surface area contributed by atoms with Gasteiger partial charge >= 0.3 is 0 Å². The van der Waals surface area contributed by atoms with Crippen molar-refractivity contribution >= 4 is 12.4 Å². The minimum atomic E-state index is 0.961. The number of hydrogen-bond acceptors (Lipinski definition) is 2. The van der Waals surface area contributed by atoms with Crippen LogP contribution in [0.25, 0.3) is 0 Å². The number of unbranched alkanes of at least 4 members (excludes halogenated alkanes) is 21. The SMILES string of the molecule is CCCCCCCCCCCCCCCC(CCCCCCCCCCC)CCCC[C+]1N=CC=N1. The van der Waals surface area contributed by atoms with Crippen LogP contribution in [-0.4, -0.2) is 12.4 Å². The molecule has 0 radical (unpaired) electrons. The lowest BCUT2D eigenvalue weighted by atomic mass is 9.89. The molecule has 1 atom stereocenters. The Labute approximate surface area is 228 Å². The molecule has 2 heteroatoms. The van der Waals surface area contributed by atoms with Crippen LogP contribution in [0.15, 0.2) is 9.98 Å². The molecule has 210 valence electrons. The number of aliphatic imine (C=N–C) groups is 2. The van der Waals surface area contributed by atoms with Crippen LogP contribution in [0.5, 0.6) is 0 Å². The van der Waals surface area contributed by atoms with Crippen molar-refractivity contribution < 1.29 is 0 Å². The summed E-state index contributed by atoms with van der Waals surface area (Å²) in [5.41, 5.74) is 0. The average Bonchev–Trinajstić information content (AvgIpc) is 3.41. The van der Waals surface area contributed by atoms with Gasteiger partial charge in [-0.05, 0) is 12.3 Å². The Hall–Kier alpha value is -0.790. The van der Waals surface area contributed by atoms with Crippen molar-refractivity contribution in [2.75, 3.05) is 0 Å². The summed E-state index contributed by atoms with van der Waals surface area (Å²) in [6, 6.07) is 0. The van der Waals surface area contributed by atoms with E-state index < -0.39 is 0 Å². The first-order valence-corrected chi connectivity index (χ1v) is 16.8. The highest BCUT2D eigenvalue weighted by Gasteiger charge is 2.15. The highest BCUT2D eigenvalue weighted by atomic mass is 15.0. The maximum Gasteiger partial charge on any atom is 0.240 e. The van der Waals surface area contributed by atoms with Crippen LogP contribution < -0.4 is 0 Å². The second-order valence-electron chi connectivity index (χ2n) is 11.7. The van der Waals surface area contributed by atoms with Crippen LogP contribution in [0.2, 0.25) is 0 Å². The van der Waals surface area contributed by atoms with Gasteiger partial charge in [-0.2, -0.15) is 0 Å². The van der Waals surface area contributed by atoms with Crippen LogP contribution in [0.3, 0.4) is 0 Å². The van der Waals surface area contributed by atoms with Crippen molar-refractivity contribution in [2.24, 2.45) is 15.9 Å². The molecule has 0 saturated heterocycles. The second kappa shape index (κ2) is 27.3.